The van der Waals surface area contributed by atoms with Crippen LogP contribution < -0.4 is 0 Å². The summed E-state index contributed by atoms with van der Waals surface area (Å²) in [5.74, 6) is -0.310. The van der Waals surface area contributed by atoms with Gasteiger partial charge in [0.05, 0.1) is 16.7 Å². The molecule has 7 heteroatoms. The number of rotatable bonds is 4. The number of non-ortho nitro benzene ring substituents is 1. The fourth-order valence-corrected chi connectivity index (χ4v) is 1.96. The van der Waals surface area contributed by atoms with Crippen LogP contribution in [0.15, 0.2) is 41.0 Å². The van der Waals surface area contributed by atoms with Crippen LogP contribution in [0, 0.1) is 10.1 Å². The van der Waals surface area contributed by atoms with Crippen molar-refractivity contribution in [1.82, 2.24) is 4.90 Å². The Morgan fingerprint density at radius 1 is 1.45 bits per heavy atom. The van der Waals surface area contributed by atoms with Crippen molar-refractivity contribution >= 4 is 23.2 Å². The highest BCUT2D eigenvalue weighted by molar-refractivity contribution is 6.32. The Labute approximate surface area is 119 Å². The lowest BCUT2D eigenvalue weighted by Crippen LogP contribution is -2.26. The zero-order valence-corrected chi connectivity index (χ0v) is 11.3. The molecule has 20 heavy (non-hydrogen) atoms. The molecule has 0 fully saturated rings. The van der Waals surface area contributed by atoms with Gasteiger partial charge in [-0.1, -0.05) is 12.1 Å². The maximum absolute atomic E-state index is 12.1. The van der Waals surface area contributed by atoms with E-state index in [9.17, 15) is 14.9 Å². The maximum atomic E-state index is 12.1. The van der Waals surface area contributed by atoms with Crippen LogP contribution in [0.5, 0.6) is 0 Å². The van der Waals surface area contributed by atoms with E-state index in [0.29, 0.717) is 5.56 Å². The first-order chi connectivity index (χ1) is 9.49. The fraction of sp³-hybridized carbons (Fsp3) is 0.154. The second-order valence-electron chi connectivity index (χ2n) is 4.20. The molecular weight excluding hydrogens is 284 g/mol. The zero-order valence-electron chi connectivity index (χ0n) is 10.6. The van der Waals surface area contributed by atoms with E-state index >= 15 is 0 Å². The minimum atomic E-state index is -0.474. The van der Waals surface area contributed by atoms with Gasteiger partial charge in [-0.05, 0) is 23.2 Å². The van der Waals surface area contributed by atoms with Gasteiger partial charge in [-0.2, -0.15) is 0 Å². The predicted molar refractivity (Wildman–Crippen MR) is 72.6 cm³/mol. The Balaban J connectivity index is 2.14. The number of furan rings is 1. The Morgan fingerprint density at radius 2 is 2.20 bits per heavy atom. The number of carbonyl (C=O) groups excluding carboxylic acids is 1. The van der Waals surface area contributed by atoms with E-state index in [1.807, 2.05) is 0 Å². The van der Waals surface area contributed by atoms with Crippen LogP contribution in [0.4, 0.5) is 5.69 Å². The molecule has 0 bridgehead atoms. The van der Waals surface area contributed by atoms with Crippen LogP contribution in [0.2, 0.25) is 5.22 Å². The molecule has 104 valence electrons. The van der Waals surface area contributed by atoms with Gasteiger partial charge < -0.3 is 9.32 Å². The molecule has 1 aromatic heterocycles. The number of benzene rings is 1. The van der Waals surface area contributed by atoms with E-state index in [4.69, 9.17) is 16.0 Å². The van der Waals surface area contributed by atoms with E-state index in [2.05, 4.69) is 0 Å². The number of hydrogen-bond donors (Lipinski definition) is 0. The van der Waals surface area contributed by atoms with Gasteiger partial charge in [0, 0.05) is 25.7 Å². The van der Waals surface area contributed by atoms with Crippen LogP contribution >= 0.6 is 11.6 Å². The molecule has 0 spiro atoms. The largest absolute Gasteiger partial charge is 0.452 e. The number of halogens is 1. The standard InChI is InChI=1S/C13H11ClN2O4/c1-15(13(17)11-5-6-20-12(11)14)8-9-3-2-4-10(7-9)16(18)19/h2-7H,8H2,1H3. The molecule has 0 aliphatic heterocycles. The van der Waals surface area contributed by atoms with Crippen molar-refractivity contribution in [2.75, 3.05) is 7.05 Å². The molecule has 0 aliphatic carbocycles. The minimum absolute atomic E-state index is 0.00954. The molecule has 0 aliphatic rings. The molecule has 0 unspecified atom stereocenters. The lowest BCUT2D eigenvalue weighted by atomic mass is 10.2. The average molecular weight is 295 g/mol. The van der Waals surface area contributed by atoms with Gasteiger partial charge in [0.25, 0.3) is 11.6 Å². The van der Waals surface area contributed by atoms with Gasteiger partial charge in [0.1, 0.15) is 0 Å². The van der Waals surface area contributed by atoms with Crippen molar-refractivity contribution in [3.63, 3.8) is 0 Å². The highest BCUT2D eigenvalue weighted by Crippen LogP contribution is 2.20. The van der Waals surface area contributed by atoms with Crippen LogP contribution in [0.3, 0.4) is 0 Å². The predicted octanol–water partition coefficient (Wildman–Crippen LogP) is 3.11. The summed E-state index contributed by atoms with van der Waals surface area (Å²) in [5, 5.41) is 10.7. The van der Waals surface area contributed by atoms with Crippen molar-refractivity contribution < 1.29 is 14.1 Å². The van der Waals surface area contributed by atoms with E-state index < -0.39 is 4.92 Å². The first-order valence-electron chi connectivity index (χ1n) is 5.71. The molecule has 0 saturated carbocycles. The topological polar surface area (TPSA) is 76.6 Å². The van der Waals surface area contributed by atoms with Crippen molar-refractivity contribution in [3.05, 3.63) is 63.1 Å². The molecule has 2 aromatic rings. The summed E-state index contributed by atoms with van der Waals surface area (Å²) in [6.45, 7) is 0.238. The third-order valence-electron chi connectivity index (χ3n) is 2.74. The van der Waals surface area contributed by atoms with Crippen LogP contribution in [-0.4, -0.2) is 22.8 Å². The molecular formula is C13H11ClN2O4. The summed E-state index contributed by atoms with van der Waals surface area (Å²) in [4.78, 5) is 23.7. The van der Waals surface area contributed by atoms with E-state index in [1.165, 1.54) is 29.4 Å². The van der Waals surface area contributed by atoms with Crippen molar-refractivity contribution in [2.24, 2.45) is 0 Å². The minimum Gasteiger partial charge on any atom is -0.452 e. The highest BCUT2D eigenvalue weighted by Gasteiger charge is 2.18. The Hall–Kier alpha value is -2.34. The summed E-state index contributed by atoms with van der Waals surface area (Å²) in [5.41, 5.74) is 0.916. The Bertz CT molecular complexity index is 653. The van der Waals surface area contributed by atoms with Crippen LogP contribution in [0.25, 0.3) is 0 Å². The molecule has 6 nitrogen and oxygen atoms in total. The summed E-state index contributed by atoms with van der Waals surface area (Å²) in [6.07, 6.45) is 1.33. The number of hydrogen-bond acceptors (Lipinski definition) is 4. The first-order valence-corrected chi connectivity index (χ1v) is 6.08. The molecule has 1 aromatic carbocycles. The van der Waals surface area contributed by atoms with Crippen molar-refractivity contribution in [3.8, 4) is 0 Å². The van der Waals surface area contributed by atoms with Gasteiger partial charge in [0.15, 0.2) is 0 Å². The number of nitrogens with zero attached hydrogens (tertiary/aromatic N) is 2. The summed E-state index contributed by atoms with van der Waals surface area (Å²) >= 11 is 5.75. The Morgan fingerprint density at radius 3 is 2.80 bits per heavy atom. The first kappa shape index (κ1) is 14.1. The second-order valence-corrected chi connectivity index (χ2v) is 4.54. The third-order valence-corrected chi connectivity index (χ3v) is 3.03. The molecule has 0 N–H and O–H groups in total. The number of nitro benzene ring substituents is 1. The van der Waals surface area contributed by atoms with Crippen LogP contribution in [0.1, 0.15) is 15.9 Å². The number of carbonyl (C=O) groups is 1. The summed E-state index contributed by atoms with van der Waals surface area (Å²) in [7, 11) is 1.59. The zero-order chi connectivity index (χ0) is 14.7. The summed E-state index contributed by atoms with van der Waals surface area (Å²) in [6, 6.07) is 7.61. The quantitative estimate of drug-likeness (QED) is 0.641. The summed E-state index contributed by atoms with van der Waals surface area (Å²) < 4.78 is 4.87. The van der Waals surface area contributed by atoms with Crippen molar-refractivity contribution in [2.45, 2.75) is 6.54 Å². The van der Waals surface area contributed by atoms with Gasteiger partial charge in [-0.3, -0.25) is 14.9 Å². The van der Waals surface area contributed by atoms with E-state index in [0.717, 1.165) is 0 Å². The molecule has 0 saturated heterocycles. The Kier molecular flexibility index (Phi) is 4.05. The molecule has 1 heterocycles. The molecule has 0 radical (unpaired) electrons. The second kappa shape index (κ2) is 5.75. The van der Waals surface area contributed by atoms with Gasteiger partial charge in [-0.15, -0.1) is 0 Å². The van der Waals surface area contributed by atoms with E-state index in [-0.39, 0.29) is 28.9 Å². The lowest BCUT2D eigenvalue weighted by molar-refractivity contribution is -0.384. The smallest absolute Gasteiger partial charge is 0.269 e. The van der Waals surface area contributed by atoms with Gasteiger partial charge in [-0.25, -0.2) is 0 Å². The molecule has 1 amide bonds. The highest BCUT2D eigenvalue weighted by atomic mass is 35.5. The maximum Gasteiger partial charge on any atom is 0.269 e. The molecule has 0 atom stereocenters. The van der Waals surface area contributed by atoms with Gasteiger partial charge >= 0.3 is 0 Å². The SMILES string of the molecule is CN(Cc1cccc([N+](=O)[O-])c1)C(=O)c1ccoc1Cl. The van der Waals surface area contributed by atoms with Crippen molar-refractivity contribution in [1.29, 1.82) is 0 Å². The van der Waals surface area contributed by atoms with Gasteiger partial charge in [0.2, 0.25) is 5.22 Å². The number of amides is 1. The van der Waals surface area contributed by atoms with Crippen LogP contribution in [-0.2, 0) is 6.54 Å². The average Bonchev–Trinajstić information content (AvgIpc) is 2.84. The monoisotopic (exact) mass is 294 g/mol. The number of nitro groups is 1. The van der Waals surface area contributed by atoms with E-state index in [1.54, 1.807) is 19.2 Å². The normalized spacial score (nSPS) is 10.3. The fourth-order valence-electron chi connectivity index (χ4n) is 1.77. The lowest BCUT2D eigenvalue weighted by Gasteiger charge is -2.16. The third kappa shape index (κ3) is 2.97. The molecule has 2 rings (SSSR count).